The van der Waals surface area contributed by atoms with Gasteiger partial charge < -0.3 is 10.1 Å². The maximum atomic E-state index is 10.3. The number of aromatic hydroxyl groups is 1. The standard InChI is InChI=1S/C18H17N5OS/c1-8-5-9(2)14-12(6-8)15(17(24)21-14)22-23-16-13-10(3)11(4)25-18(13)20-7-19-16/h5-7,21,24H,1-4H3. The van der Waals surface area contributed by atoms with E-state index in [4.69, 9.17) is 0 Å². The number of rotatable bonds is 2. The number of benzene rings is 1. The van der Waals surface area contributed by atoms with Crippen LogP contribution in [0.25, 0.3) is 21.1 Å². The number of aromatic nitrogens is 3. The van der Waals surface area contributed by atoms with E-state index in [-0.39, 0.29) is 5.88 Å². The topological polar surface area (TPSA) is 86.5 Å². The molecule has 25 heavy (non-hydrogen) atoms. The predicted molar refractivity (Wildman–Crippen MR) is 101 cm³/mol. The van der Waals surface area contributed by atoms with Crippen molar-refractivity contribution < 1.29 is 5.11 Å². The molecule has 2 N–H and O–H groups in total. The van der Waals surface area contributed by atoms with Crippen LogP contribution in [0.3, 0.4) is 0 Å². The van der Waals surface area contributed by atoms with Crippen LogP contribution >= 0.6 is 11.3 Å². The van der Waals surface area contributed by atoms with Crippen LogP contribution in [0.1, 0.15) is 21.6 Å². The second-order valence-electron chi connectivity index (χ2n) is 6.19. The Labute approximate surface area is 148 Å². The number of hydrogen-bond acceptors (Lipinski definition) is 6. The summed E-state index contributed by atoms with van der Waals surface area (Å²) in [6, 6.07) is 4.05. The van der Waals surface area contributed by atoms with E-state index in [2.05, 4.69) is 38.2 Å². The van der Waals surface area contributed by atoms with Crippen LogP contribution in [0, 0.1) is 27.7 Å². The molecule has 0 aliphatic carbocycles. The molecule has 0 unspecified atom stereocenters. The first-order valence-electron chi connectivity index (χ1n) is 7.90. The van der Waals surface area contributed by atoms with Crippen LogP contribution < -0.4 is 0 Å². The smallest absolute Gasteiger partial charge is 0.218 e. The third-order valence-electron chi connectivity index (χ3n) is 4.39. The Hall–Kier alpha value is -2.80. The van der Waals surface area contributed by atoms with Gasteiger partial charge in [0.15, 0.2) is 11.5 Å². The Kier molecular flexibility index (Phi) is 3.54. The van der Waals surface area contributed by atoms with E-state index in [1.165, 1.54) is 11.2 Å². The molecule has 0 spiro atoms. The van der Waals surface area contributed by atoms with Gasteiger partial charge in [0.1, 0.15) is 11.2 Å². The molecule has 6 nitrogen and oxygen atoms in total. The maximum absolute atomic E-state index is 10.3. The summed E-state index contributed by atoms with van der Waals surface area (Å²) in [6.07, 6.45) is 1.50. The number of azo groups is 1. The van der Waals surface area contributed by atoms with Crippen LogP contribution in [0.4, 0.5) is 11.5 Å². The van der Waals surface area contributed by atoms with E-state index in [1.807, 2.05) is 26.8 Å². The van der Waals surface area contributed by atoms with Gasteiger partial charge in [-0.2, -0.15) is 0 Å². The van der Waals surface area contributed by atoms with Gasteiger partial charge in [-0.25, -0.2) is 9.97 Å². The SMILES string of the molecule is Cc1cc(C)c2[nH]c(O)c(N=Nc3ncnc4sc(C)c(C)c34)c2c1. The number of H-pyrrole nitrogens is 1. The van der Waals surface area contributed by atoms with E-state index in [0.717, 1.165) is 37.8 Å². The highest BCUT2D eigenvalue weighted by Gasteiger charge is 2.15. The van der Waals surface area contributed by atoms with Gasteiger partial charge in [0.05, 0.1) is 10.9 Å². The van der Waals surface area contributed by atoms with E-state index in [1.54, 1.807) is 11.3 Å². The molecule has 3 aromatic heterocycles. The van der Waals surface area contributed by atoms with Crippen molar-refractivity contribution in [3.05, 3.63) is 40.0 Å². The summed E-state index contributed by atoms with van der Waals surface area (Å²) in [5.41, 5.74) is 4.57. The van der Waals surface area contributed by atoms with Gasteiger partial charge in [0.2, 0.25) is 5.88 Å². The summed E-state index contributed by atoms with van der Waals surface area (Å²) in [4.78, 5) is 13.6. The zero-order valence-electron chi connectivity index (χ0n) is 14.4. The summed E-state index contributed by atoms with van der Waals surface area (Å²) in [7, 11) is 0. The van der Waals surface area contributed by atoms with Gasteiger partial charge >= 0.3 is 0 Å². The highest BCUT2D eigenvalue weighted by molar-refractivity contribution is 7.18. The molecule has 7 heteroatoms. The lowest BCUT2D eigenvalue weighted by molar-refractivity contribution is 0.459. The quantitative estimate of drug-likeness (QED) is 0.466. The van der Waals surface area contributed by atoms with Crippen molar-refractivity contribution in [1.82, 2.24) is 15.0 Å². The highest BCUT2D eigenvalue weighted by atomic mass is 32.1. The second-order valence-corrected chi connectivity index (χ2v) is 7.39. The minimum atomic E-state index is 0.0102. The van der Waals surface area contributed by atoms with Crippen molar-refractivity contribution in [2.75, 3.05) is 0 Å². The summed E-state index contributed by atoms with van der Waals surface area (Å²) in [5, 5.41) is 20.7. The summed E-state index contributed by atoms with van der Waals surface area (Å²) in [5.74, 6) is 0.529. The average molecular weight is 351 g/mol. The number of nitrogens with one attached hydrogen (secondary N) is 1. The molecular weight excluding hydrogens is 334 g/mol. The Bertz CT molecular complexity index is 1160. The first-order valence-corrected chi connectivity index (χ1v) is 8.71. The summed E-state index contributed by atoms with van der Waals surface area (Å²) < 4.78 is 0. The fraction of sp³-hybridized carbons (Fsp3) is 0.222. The van der Waals surface area contributed by atoms with Crippen molar-refractivity contribution in [2.24, 2.45) is 10.2 Å². The van der Waals surface area contributed by atoms with E-state index in [0.29, 0.717) is 11.5 Å². The fourth-order valence-corrected chi connectivity index (χ4v) is 4.06. The van der Waals surface area contributed by atoms with Gasteiger partial charge in [0.25, 0.3) is 0 Å². The van der Waals surface area contributed by atoms with E-state index in [9.17, 15) is 5.11 Å². The van der Waals surface area contributed by atoms with Crippen molar-refractivity contribution in [3.8, 4) is 5.88 Å². The van der Waals surface area contributed by atoms with Crippen LogP contribution in [0.2, 0.25) is 0 Å². The zero-order chi connectivity index (χ0) is 17.7. The van der Waals surface area contributed by atoms with Crippen LogP contribution in [0.15, 0.2) is 28.7 Å². The third kappa shape index (κ3) is 2.47. The zero-order valence-corrected chi connectivity index (χ0v) is 15.2. The minimum absolute atomic E-state index is 0.0102. The summed E-state index contributed by atoms with van der Waals surface area (Å²) in [6.45, 7) is 8.10. The molecule has 0 amide bonds. The van der Waals surface area contributed by atoms with Gasteiger partial charge in [0, 0.05) is 10.3 Å². The lowest BCUT2D eigenvalue weighted by Crippen LogP contribution is -1.80. The van der Waals surface area contributed by atoms with Crippen LogP contribution in [0.5, 0.6) is 5.88 Å². The Morgan fingerprint density at radius 2 is 1.88 bits per heavy atom. The molecule has 0 atom stereocenters. The Morgan fingerprint density at radius 1 is 1.08 bits per heavy atom. The van der Waals surface area contributed by atoms with E-state index < -0.39 is 0 Å². The maximum Gasteiger partial charge on any atom is 0.218 e. The first-order chi connectivity index (χ1) is 12.0. The number of aryl methyl sites for hydroxylation is 4. The van der Waals surface area contributed by atoms with Crippen molar-refractivity contribution in [2.45, 2.75) is 27.7 Å². The van der Waals surface area contributed by atoms with Crippen LogP contribution in [-0.2, 0) is 0 Å². The molecule has 0 radical (unpaired) electrons. The van der Waals surface area contributed by atoms with Crippen molar-refractivity contribution in [3.63, 3.8) is 0 Å². The molecule has 4 aromatic rings. The fourth-order valence-electron chi connectivity index (χ4n) is 3.06. The second kappa shape index (κ2) is 5.63. The number of nitrogens with zero attached hydrogens (tertiary/aromatic N) is 4. The van der Waals surface area contributed by atoms with Gasteiger partial charge in [-0.15, -0.1) is 21.6 Å². The van der Waals surface area contributed by atoms with Gasteiger partial charge in [-0.05, 0) is 44.9 Å². The highest BCUT2D eigenvalue weighted by Crippen LogP contribution is 2.39. The number of hydrogen-bond donors (Lipinski definition) is 2. The molecule has 3 heterocycles. The minimum Gasteiger partial charge on any atom is -0.493 e. The molecule has 1 aromatic carbocycles. The molecule has 126 valence electrons. The van der Waals surface area contributed by atoms with Crippen molar-refractivity contribution in [1.29, 1.82) is 0 Å². The monoisotopic (exact) mass is 351 g/mol. The normalized spacial score (nSPS) is 12.0. The molecule has 0 aliphatic heterocycles. The van der Waals surface area contributed by atoms with Crippen LogP contribution in [-0.4, -0.2) is 20.1 Å². The number of thiophene rings is 1. The van der Waals surface area contributed by atoms with Gasteiger partial charge in [-0.1, -0.05) is 11.6 Å². The molecule has 4 rings (SSSR count). The molecule has 0 saturated carbocycles. The first kappa shape index (κ1) is 15.7. The van der Waals surface area contributed by atoms with Gasteiger partial charge in [-0.3, -0.25) is 0 Å². The lowest BCUT2D eigenvalue weighted by Gasteiger charge is -1.99. The largest absolute Gasteiger partial charge is 0.493 e. The molecule has 0 fully saturated rings. The average Bonchev–Trinajstić information content (AvgIpc) is 3.03. The summed E-state index contributed by atoms with van der Waals surface area (Å²) >= 11 is 1.62. The predicted octanol–water partition coefficient (Wildman–Crippen LogP) is 5.53. The third-order valence-corrected chi connectivity index (χ3v) is 5.51. The number of aromatic amines is 1. The molecule has 0 aliphatic rings. The Morgan fingerprint density at radius 3 is 2.68 bits per heavy atom. The van der Waals surface area contributed by atoms with Crippen molar-refractivity contribution >= 4 is 44.0 Å². The molecular formula is C18H17N5OS. The lowest BCUT2D eigenvalue weighted by atomic mass is 10.1. The molecule has 0 bridgehead atoms. The Balaban J connectivity index is 1.89. The van der Waals surface area contributed by atoms with E-state index >= 15 is 0 Å². The molecule has 0 saturated heterocycles. The number of fused-ring (bicyclic) bond motifs is 2.